The monoisotopic (exact) mass is 323 g/mol. The first-order valence-electron chi connectivity index (χ1n) is 6.00. The fourth-order valence-electron chi connectivity index (χ4n) is 1.67. The molecule has 1 unspecified atom stereocenters. The Bertz CT molecular complexity index is 557. The average Bonchev–Trinajstić information content (AvgIpc) is 2.43. The minimum absolute atomic E-state index is 0.300. The molecule has 0 aliphatic carbocycles. The molecule has 0 bridgehead atoms. The van der Waals surface area contributed by atoms with Gasteiger partial charge >= 0.3 is 0 Å². The van der Waals surface area contributed by atoms with Crippen molar-refractivity contribution in [2.45, 2.75) is 13.0 Å². The summed E-state index contributed by atoms with van der Waals surface area (Å²) in [5.74, 6) is 1.03. The molecule has 0 aliphatic heterocycles. The SMILES string of the molecule is CNC(C)c1ccc(Oc2ccc(F)c(Br)c2)cc1. The molecule has 0 amide bonds. The summed E-state index contributed by atoms with van der Waals surface area (Å²) < 4.78 is 19.2. The van der Waals surface area contributed by atoms with Gasteiger partial charge in [-0.1, -0.05) is 12.1 Å². The largest absolute Gasteiger partial charge is 0.457 e. The van der Waals surface area contributed by atoms with Gasteiger partial charge in [0.25, 0.3) is 0 Å². The van der Waals surface area contributed by atoms with Crippen LogP contribution in [0.15, 0.2) is 46.9 Å². The standard InChI is InChI=1S/C15H15BrFNO/c1-10(18-2)11-3-5-12(6-4-11)19-13-7-8-15(17)14(16)9-13/h3-10,18H,1-2H3. The highest BCUT2D eigenvalue weighted by molar-refractivity contribution is 9.10. The van der Waals surface area contributed by atoms with Crippen LogP contribution >= 0.6 is 15.9 Å². The minimum Gasteiger partial charge on any atom is -0.457 e. The van der Waals surface area contributed by atoms with Crippen LogP contribution in [0.5, 0.6) is 11.5 Å². The molecule has 0 saturated carbocycles. The molecule has 2 rings (SSSR count). The van der Waals surface area contributed by atoms with Gasteiger partial charge < -0.3 is 10.1 Å². The van der Waals surface area contributed by atoms with Crippen LogP contribution in [0.3, 0.4) is 0 Å². The van der Waals surface area contributed by atoms with Crippen LogP contribution in [-0.2, 0) is 0 Å². The molecule has 4 heteroatoms. The summed E-state index contributed by atoms with van der Waals surface area (Å²) in [6.07, 6.45) is 0. The number of hydrogen-bond donors (Lipinski definition) is 1. The molecule has 0 aliphatic rings. The highest BCUT2D eigenvalue weighted by Gasteiger charge is 2.04. The lowest BCUT2D eigenvalue weighted by Gasteiger charge is -2.11. The maximum absolute atomic E-state index is 13.1. The van der Waals surface area contributed by atoms with Crippen LogP contribution in [0.2, 0.25) is 0 Å². The van der Waals surface area contributed by atoms with Crippen LogP contribution in [0, 0.1) is 5.82 Å². The van der Waals surface area contributed by atoms with Crippen molar-refractivity contribution in [2.75, 3.05) is 7.05 Å². The third-order valence-corrected chi connectivity index (χ3v) is 3.55. The van der Waals surface area contributed by atoms with Crippen LogP contribution in [0.1, 0.15) is 18.5 Å². The van der Waals surface area contributed by atoms with Crippen molar-refractivity contribution in [2.24, 2.45) is 0 Å². The van der Waals surface area contributed by atoms with Crippen molar-refractivity contribution in [3.8, 4) is 11.5 Å². The molecule has 0 radical (unpaired) electrons. The molecule has 1 atom stereocenters. The number of benzene rings is 2. The summed E-state index contributed by atoms with van der Waals surface area (Å²) in [5, 5.41) is 3.18. The molecular formula is C15H15BrFNO. The zero-order chi connectivity index (χ0) is 13.8. The van der Waals surface area contributed by atoms with E-state index in [0.29, 0.717) is 16.3 Å². The van der Waals surface area contributed by atoms with Crippen molar-refractivity contribution < 1.29 is 9.13 Å². The van der Waals surface area contributed by atoms with Crippen LogP contribution < -0.4 is 10.1 Å². The van der Waals surface area contributed by atoms with Gasteiger partial charge in [-0.05, 0) is 65.8 Å². The Morgan fingerprint density at radius 3 is 2.32 bits per heavy atom. The van der Waals surface area contributed by atoms with Gasteiger partial charge in [-0.25, -0.2) is 4.39 Å². The van der Waals surface area contributed by atoms with Gasteiger partial charge in [0.15, 0.2) is 0 Å². The fourth-order valence-corrected chi connectivity index (χ4v) is 2.03. The van der Waals surface area contributed by atoms with E-state index in [0.717, 1.165) is 5.75 Å². The molecule has 19 heavy (non-hydrogen) atoms. The van der Waals surface area contributed by atoms with E-state index in [-0.39, 0.29) is 5.82 Å². The number of rotatable bonds is 4. The maximum atomic E-state index is 13.1. The molecule has 100 valence electrons. The molecule has 0 saturated heterocycles. The van der Waals surface area contributed by atoms with E-state index < -0.39 is 0 Å². The second-order valence-corrected chi connectivity index (χ2v) is 5.11. The summed E-state index contributed by atoms with van der Waals surface area (Å²) in [6.45, 7) is 2.09. The van der Waals surface area contributed by atoms with E-state index >= 15 is 0 Å². The molecule has 0 spiro atoms. The zero-order valence-electron chi connectivity index (χ0n) is 10.8. The highest BCUT2D eigenvalue weighted by Crippen LogP contribution is 2.27. The fraction of sp³-hybridized carbons (Fsp3) is 0.200. The summed E-state index contributed by atoms with van der Waals surface area (Å²) in [5.41, 5.74) is 1.19. The molecule has 0 aromatic heterocycles. The topological polar surface area (TPSA) is 21.3 Å². The molecule has 0 fully saturated rings. The van der Waals surface area contributed by atoms with E-state index in [1.54, 1.807) is 12.1 Å². The molecule has 2 nitrogen and oxygen atoms in total. The molecule has 0 heterocycles. The Morgan fingerprint density at radius 1 is 1.11 bits per heavy atom. The van der Waals surface area contributed by atoms with Crippen molar-refractivity contribution in [3.63, 3.8) is 0 Å². The third kappa shape index (κ3) is 3.55. The average molecular weight is 324 g/mol. The quantitative estimate of drug-likeness (QED) is 0.883. The lowest BCUT2D eigenvalue weighted by Crippen LogP contribution is -2.11. The number of ether oxygens (including phenoxy) is 1. The second kappa shape index (κ2) is 6.17. The van der Waals surface area contributed by atoms with Crippen molar-refractivity contribution in [1.29, 1.82) is 0 Å². The van der Waals surface area contributed by atoms with Crippen molar-refractivity contribution in [3.05, 3.63) is 58.3 Å². The number of hydrogen-bond acceptors (Lipinski definition) is 2. The Hall–Kier alpha value is -1.39. The van der Waals surface area contributed by atoms with Gasteiger partial charge in [-0.2, -0.15) is 0 Å². The molecule has 1 N–H and O–H groups in total. The van der Waals surface area contributed by atoms with E-state index in [2.05, 4.69) is 28.2 Å². The first-order valence-corrected chi connectivity index (χ1v) is 6.79. The summed E-state index contributed by atoms with van der Waals surface area (Å²) in [7, 11) is 1.92. The van der Waals surface area contributed by atoms with Crippen molar-refractivity contribution in [1.82, 2.24) is 5.32 Å². The van der Waals surface area contributed by atoms with Gasteiger partial charge in [-0.15, -0.1) is 0 Å². The van der Waals surface area contributed by atoms with E-state index in [1.807, 2.05) is 31.3 Å². The highest BCUT2D eigenvalue weighted by atomic mass is 79.9. The number of halogens is 2. The van der Waals surface area contributed by atoms with E-state index in [9.17, 15) is 4.39 Å². The maximum Gasteiger partial charge on any atom is 0.137 e. The lowest BCUT2D eigenvalue weighted by molar-refractivity contribution is 0.479. The van der Waals surface area contributed by atoms with Gasteiger partial charge in [0.2, 0.25) is 0 Å². The molecule has 2 aromatic rings. The van der Waals surface area contributed by atoms with Gasteiger partial charge in [0.05, 0.1) is 4.47 Å². The molecule has 2 aromatic carbocycles. The Kier molecular flexibility index (Phi) is 4.56. The summed E-state index contributed by atoms with van der Waals surface area (Å²) in [6, 6.07) is 12.7. The minimum atomic E-state index is -0.300. The van der Waals surface area contributed by atoms with Crippen LogP contribution in [0.25, 0.3) is 0 Å². The lowest BCUT2D eigenvalue weighted by atomic mass is 10.1. The first-order chi connectivity index (χ1) is 9.10. The molecular weight excluding hydrogens is 309 g/mol. The normalized spacial score (nSPS) is 12.2. The predicted octanol–water partition coefficient (Wildman–Crippen LogP) is 4.66. The Labute approximate surface area is 120 Å². The van der Waals surface area contributed by atoms with E-state index in [4.69, 9.17) is 4.74 Å². The van der Waals surface area contributed by atoms with E-state index in [1.165, 1.54) is 11.6 Å². The zero-order valence-corrected chi connectivity index (χ0v) is 12.4. The Morgan fingerprint density at radius 2 is 1.74 bits per heavy atom. The van der Waals surface area contributed by atoms with Crippen LogP contribution in [0.4, 0.5) is 4.39 Å². The van der Waals surface area contributed by atoms with Gasteiger partial charge in [0, 0.05) is 6.04 Å². The van der Waals surface area contributed by atoms with Crippen molar-refractivity contribution >= 4 is 15.9 Å². The predicted molar refractivity (Wildman–Crippen MR) is 78.1 cm³/mol. The Balaban J connectivity index is 2.12. The van der Waals surface area contributed by atoms with Crippen LogP contribution in [-0.4, -0.2) is 7.05 Å². The summed E-state index contributed by atoms with van der Waals surface area (Å²) >= 11 is 3.14. The second-order valence-electron chi connectivity index (χ2n) is 4.26. The summed E-state index contributed by atoms with van der Waals surface area (Å²) in [4.78, 5) is 0. The third-order valence-electron chi connectivity index (χ3n) is 2.94. The van der Waals surface area contributed by atoms with Gasteiger partial charge in [0.1, 0.15) is 17.3 Å². The first kappa shape index (κ1) is 14.0. The smallest absolute Gasteiger partial charge is 0.137 e. The van der Waals surface area contributed by atoms with Gasteiger partial charge in [-0.3, -0.25) is 0 Å². The number of nitrogens with one attached hydrogen (secondary N) is 1.